The van der Waals surface area contributed by atoms with Crippen molar-refractivity contribution in [1.82, 2.24) is 10.2 Å². The third-order valence-corrected chi connectivity index (χ3v) is 3.09. The summed E-state index contributed by atoms with van der Waals surface area (Å²) in [6, 6.07) is -0.460. The van der Waals surface area contributed by atoms with Gasteiger partial charge in [-0.05, 0) is 40.2 Å². The van der Waals surface area contributed by atoms with Gasteiger partial charge in [-0.1, -0.05) is 6.92 Å². The standard InChI is InChI=1S/C13H27N3O2/c1-5-16(6-2)13(18)11(4)15-12(17)10(3)8-7-9-14/h10-11H,5-9,14H2,1-4H3,(H,15,17). The molecule has 5 heteroatoms. The van der Waals surface area contributed by atoms with Crippen molar-refractivity contribution >= 4 is 11.8 Å². The van der Waals surface area contributed by atoms with E-state index in [1.165, 1.54) is 0 Å². The second kappa shape index (κ2) is 8.91. The molecule has 0 radical (unpaired) electrons. The van der Waals surface area contributed by atoms with E-state index in [0.717, 1.165) is 12.8 Å². The van der Waals surface area contributed by atoms with Gasteiger partial charge in [0.2, 0.25) is 11.8 Å². The number of nitrogens with one attached hydrogen (secondary N) is 1. The molecule has 0 saturated carbocycles. The van der Waals surface area contributed by atoms with Crippen LogP contribution in [-0.4, -0.2) is 42.4 Å². The summed E-state index contributed by atoms with van der Waals surface area (Å²) in [6.07, 6.45) is 1.58. The first-order valence-corrected chi connectivity index (χ1v) is 6.77. The lowest BCUT2D eigenvalue weighted by molar-refractivity contribution is -0.136. The van der Waals surface area contributed by atoms with Crippen molar-refractivity contribution in [3.05, 3.63) is 0 Å². The van der Waals surface area contributed by atoms with E-state index in [1.807, 2.05) is 20.8 Å². The van der Waals surface area contributed by atoms with E-state index in [4.69, 9.17) is 5.73 Å². The minimum atomic E-state index is -0.460. The molecule has 0 aliphatic carbocycles. The molecule has 0 aromatic carbocycles. The number of hydrogen-bond donors (Lipinski definition) is 2. The molecule has 0 aliphatic rings. The summed E-state index contributed by atoms with van der Waals surface area (Å²) in [4.78, 5) is 25.5. The average Bonchev–Trinajstić information content (AvgIpc) is 2.36. The number of amides is 2. The van der Waals surface area contributed by atoms with Gasteiger partial charge in [0.1, 0.15) is 6.04 Å². The Labute approximate surface area is 110 Å². The first-order chi connectivity index (χ1) is 8.47. The maximum atomic E-state index is 12.0. The second-order valence-corrected chi connectivity index (χ2v) is 4.57. The Morgan fingerprint density at radius 3 is 2.22 bits per heavy atom. The Kier molecular flexibility index (Phi) is 8.37. The minimum Gasteiger partial charge on any atom is -0.344 e. The molecule has 2 atom stereocenters. The lowest BCUT2D eigenvalue weighted by Crippen LogP contribution is -2.48. The molecular formula is C13H27N3O2. The number of carbonyl (C=O) groups excluding carboxylic acids is 2. The topological polar surface area (TPSA) is 75.4 Å². The fourth-order valence-corrected chi connectivity index (χ4v) is 1.78. The van der Waals surface area contributed by atoms with Gasteiger partial charge >= 0.3 is 0 Å². The van der Waals surface area contributed by atoms with Crippen LogP contribution < -0.4 is 11.1 Å². The lowest BCUT2D eigenvalue weighted by Gasteiger charge is -2.24. The third kappa shape index (κ3) is 5.49. The van der Waals surface area contributed by atoms with Gasteiger partial charge in [0.05, 0.1) is 0 Å². The normalized spacial score (nSPS) is 13.8. The predicted molar refractivity (Wildman–Crippen MR) is 73.0 cm³/mol. The molecule has 3 N–H and O–H groups in total. The van der Waals surface area contributed by atoms with Crippen LogP contribution in [0.4, 0.5) is 0 Å². The van der Waals surface area contributed by atoms with E-state index < -0.39 is 6.04 Å². The average molecular weight is 257 g/mol. The predicted octanol–water partition coefficient (Wildman–Crippen LogP) is 0.735. The molecule has 2 unspecified atom stereocenters. The van der Waals surface area contributed by atoms with Gasteiger partial charge < -0.3 is 16.0 Å². The number of rotatable bonds is 8. The largest absolute Gasteiger partial charge is 0.344 e. The van der Waals surface area contributed by atoms with Crippen molar-refractivity contribution < 1.29 is 9.59 Å². The van der Waals surface area contributed by atoms with Gasteiger partial charge in [0, 0.05) is 19.0 Å². The molecule has 0 bridgehead atoms. The molecule has 0 aromatic rings. The number of nitrogens with zero attached hydrogens (tertiary/aromatic N) is 1. The van der Waals surface area contributed by atoms with Crippen LogP contribution in [0.15, 0.2) is 0 Å². The summed E-state index contributed by atoms with van der Waals surface area (Å²) in [5, 5.41) is 2.77. The van der Waals surface area contributed by atoms with E-state index in [1.54, 1.807) is 11.8 Å². The Hall–Kier alpha value is -1.10. The summed E-state index contributed by atoms with van der Waals surface area (Å²) in [6.45, 7) is 9.37. The maximum absolute atomic E-state index is 12.0. The van der Waals surface area contributed by atoms with E-state index in [9.17, 15) is 9.59 Å². The first-order valence-electron chi connectivity index (χ1n) is 6.77. The van der Waals surface area contributed by atoms with Crippen molar-refractivity contribution in [2.45, 2.75) is 46.6 Å². The highest BCUT2D eigenvalue weighted by Crippen LogP contribution is 2.05. The van der Waals surface area contributed by atoms with Crippen LogP contribution in [0.2, 0.25) is 0 Å². The molecular weight excluding hydrogens is 230 g/mol. The molecule has 0 fully saturated rings. The van der Waals surface area contributed by atoms with Crippen molar-refractivity contribution in [2.75, 3.05) is 19.6 Å². The maximum Gasteiger partial charge on any atom is 0.244 e. The molecule has 2 amide bonds. The van der Waals surface area contributed by atoms with Gasteiger partial charge in [0.15, 0.2) is 0 Å². The van der Waals surface area contributed by atoms with Crippen LogP contribution in [0.3, 0.4) is 0 Å². The summed E-state index contributed by atoms with van der Waals surface area (Å²) < 4.78 is 0. The molecule has 0 aromatic heterocycles. The van der Waals surface area contributed by atoms with E-state index in [-0.39, 0.29) is 17.7 Å². The molecule has 0 spiro atoms. The number of likely N-dealkylation sites (N-methyl/N-ethyl adjacent to an activating group) is 1. The fraction of sp³-hybridized carbons (Fsp3) is 0.846. The van der Waals surface area contributed by atoms with Gasteiger partial charge in [-0.3, -0.25) is 9.59 Å². The quantitative estimate of drug-likeness (QED) is 0.673. The highest BCUT2D eigenvalue weighted by Gasteiger charge is 2.22. The fourth-order valence-electron chi connectivity index (χ4n) is 1.78. The van der Waals surface area contributed by atoms with Crippen LogP contribution in [0, 0.1) is 5.92 Å². The van der Waals surface area contributed by atoms with Gasteiger partial charge in [-0.2, -0.15) is 0 Å². The van der Waals surface area contributed by atoms with Crippen molar-refractivity contribution in [2.24, 2.45) is 11.7 Å². The van der Waals surface area contributed by atoms with E-state index >= 15 is 0 Å². The lowest BCUT2D eigenvalue weighted by atomic mass is 10.0. The Morgan fingerprint density at radius 1 is 1.22 bits per heavy atom. The zero-order valence-corrected chi connectivity index (χ0v) is 12.0. The monoisotopic (exact) mass is 257 g/mol. The van der Waals surface area contributed by atoms with Crippen LogP contribution in [0.1, 0.15) is 40.5 Å². The summed E-state index contributed by atoms with van der Waals surface area (Å²) in [5.74, 6) is -0.198. The van der Waals surface area contributed by atoms with Crippen LogP contribution in [0.5, 0.6) is 0 Å². The summed E-state index contributed by atoms with van der Waals surface area (Å²) in [5.41, 5.74) is 5.41. The van der Waals surface area contributed by atoms with Crippen LogP contribution >= 0.6 is 0 Å². The molecule has 106 valence electrons. The summed E-state index contributed by atoms with van der Waals surface area (Å²) >= 11 is 0. The van der Waals surface area contributed by atoms with Gasteiger partial charge in [0.25, 0.3) is 0 Å². The highest BCUT2D eigenvalue weighted by atomic mass is 16.2. The second-order valence-electron chi connectivity index (χ2n) is 4.57. The number of carbonyl (C=O) groups is 2. The zero-order valence-electron chi connectivity index (χ0n) is 12.0. The Balaban J connectivity index is 4.25. The van der Waals surface area contributed by atoms with Crippen molar-refractivity contribution in [3.8, 4) is 0 Å². The smallest absolute Gasteiger partial charge is 0.244 e. The molecule has 5 nitrogen and oxygen atoms in total. The van der Waals surface area contributed by atoms with Crippen LogP contribution in [0.25, 0.3) is 0 Å². The third-order valence-electron chi connectivity index (χ3n) is 3.09. The van der Waals surface area contributed by atoms with Crippen molar-refractivity contribution in [1.29, 1.82) is 0 Å². The first kappa shape index (κ1) is 16.9. The minimum absolute atomic E-state index is 0.0284. The molecule has 0 heterocycles. The van der Waals surface area contributed by atoms with Crippen molar-refractivity contribution in [3.63, 3.8) is 0 Å². The molecule has 18 heavy (non-hydrogen) atoms. The zero-order chi connectivity index (χ0) is 14.1. The molecule has 0 aliphatic heterocycles. The highest BCUT2D eigenvalue weighted by molar-refractivity contribution is 5.88. The summed E-state index contributed by atoms with van der Waals surface area (Å²) in [7, 11) is 0. The van der Waals surface area contributed by atoms with Crippen LogP contribution in [-0.2, 0) is 9.59 Å². The number of hydrogen-bond acceptors (Lipinski definition) is 3. The Morgan fingerprint density at radius 2 is 1.78 bits per heavy atom. The SMILES string of the molecule is CCN(CC)C(=O)C(C)NC(=O)C(C)CCCN. The van der Waals surface area contributed by atoms with E-state index in [0.29, 0.717) is 19.6 Å². The van der Waals surface area contributed by atoms with Gasteiger partial charge in [-0.15, -0.1) is 0 Å². The molecule has 0 rings (SSSR count). The van der Waals surface area contributed by atoms with E-state index in [2.05, 4.69) is 5.32 Å². The number of nitrogens with two attached hydrogens (primary N) is 1. The molecule has 0 saturated heterocycles. The Bertz CT molecular complexity index is 265. The van der Waals surface area contributed by atoms with Gasteiger partial charge in [-0.25, -0.2) is 0 Å².